The number of likely N-dealkylation sites (tertiary alicyclic amines) is 1. The second-order valence-electron chi connectivity index (χ2n) is 7.87. The van der Waals surface area contributed by atoms with Crippen molar-refractivity contribution in [1.29, 1.82) is 0 Å². The van der Waals surface area contributed by atoms with E-state index in [1.165, 1.54) is 5.56 Å². The van der Waals surface area contributed by atoms with Gasteiger partial charge in [0.1, 0.15) is 13.2 Å². The maximum absolute atomic E-state index is 12.6. The highest BCUT2D eigenvalue weighted by molar-refractivity contribution is 5.78. The summed E-state index contributed by atoms with van der Waals surface area (Å²) in [5.41, 5.74) is 3.45. The molecule has 0 unspecified atom stereocenters. The van der Waals surface area contributed by atoms with Gasteiger partial charge in [0.25, 0.3) is 0 Å². The van der Waals surface area contributed by atoms with Crippen molar-refractivity contribution in [3.05, 3.63) is 53.6 Å². The summed E-state index contributed by atoms with van der Waals surface area (Å²) < 4.78 is 11.3. The number of rotatable bonds is 6. The summed E-state index contributed by atoms with van der Waals surface area (Å²) in [6.45, 7) is 3.08. The van der Waals surface area contributed by atoms with Crippen LogP contribution in [0.5, 0.6) is 11.5 Å². The Labute approximate surface area is 172 Å². The lowest BCUT2D eigenvalue weighted by atomic mass is 10.0. The third-order valence-corrected chi connectivity index (χ3v) is 5.60. The van der Waals surface area contributed by atoms with Crippen LogP contribution in [0.1, 0.15) is 30.0 Å². The molecule has 2 aliphatic heterocycles. The standard InChI is InChI=1S/C23H29N3O3/c1-25(2)19-8-5-17(6-9-19)15-24-23(27)16-26-11-3-4-20(26)18-7-10-21-22(14-18)29-13-12-28-21/h5-10,14,20H,3-4,11-13,15-16H2,1-2H3,(H,24,27)/t20-/m0/s1. The summed E-state index contributed by atoms with van der Waals surface area (Å²) in [7, 11) is 4.04. The number of nitrogens with zero attached hydrogens (tertiary/aromatic N) is 2. The van der Waals surface area contributed by atoms with Gasteiger partial charge in [0.2, 0.25) is 5.91 Å². The first-order valence-electron chi connectivity index (χ1n) is 10.3. The zero-order valence-corrected chi connectivity index (χ0v) is 17.2. The second-order valence-corrected chi connectivity index (χ2v) is 7.87. The number of hydrogen-bond donors (Lipinski definition) is 1. The van der Waals surface area contributed by atoms with Gasteiger partial charge in [-0.05, 0) is 54.8 Å². The summed E-state index contributed by atoms with van der Waals surface area (Å²) in [4.78, 5) is 16.9. The molecule has 0 aliphatic carbocycles. The van der Waals surface area contributed by atoms with E-state index in [0.717, 1.165) is 42.1 Å². The smallest absolute Gasteiger partial charge is 0.234 e. The van der Waals surface area contributed by atoms with Crippen LogP contribution in [-0.4, -0.2) is 51.2 Å². The monoisotopic (exact) mass is 395 g/mol. The average Bonchev–Trinajstić information content (AvgIpc) is 3.20. The van der Waals surface area contributed by atoms with Crippen LogP contribution in [0, 0.1) is 0 Å². The Hall–Kier alpha value is -2.73. The average molecular weight is 396 g/mol. The number of benzene rings is 2. The zero-order valence-electron chi connectivity index (χ0n) is 17.2. The number of amides is 1. The predicted molar refractivity (Wildman–Crippen MR) is 114 cm³/mol. The van der Waals surface area contributed by atoms with E-state index in [0.29, 0.717) is 26.3 Å². The van der Waals surface area contributed by atoms with Gasteiger partial charge in [0, 0.05) is 32.4 Å². The fourth-order valence-electron chi connectivity index (χ4n) is 4.01. The minimum atomic E-state index is 0.0612. The molecular formula is C23H29N3O3. The van der Waals surface area contributed by atoms with Crippen molar-refractivity contribution >= 4 is 11.6 Å². The number of anilines is 1. The molecule has 2 heterocycles. The molecule has 2 aliphatic rings. The topological polar surface area (TPSA) is 54.0 Å². The van der Waals surface area contributed by atoms with E-state index >= 15 is 0 Å². The predicted octanol–water partition coefficient (Wildman–Crippen LogP) is 2.98. The van der Waals surface area contributed by atoms with Gasteiger partial charge in [-0.1, -0.05) is 18.2 Å². The number of nitrogens with one attached hydrogen (secondary N) is 1. The van der Waals surface area contributed by atoms with E-state index in [9.17, 15) is 4.79 Å². The second kappa shape index (κ2) is 8.74. The van der Waals surface area contributed by atoms with Gasteiger partial charge in [-0.15, -0.1) is 0 Å². The number of ether oxygens (including phenoxy) is 2. The summed E-state index contributed by atoms with van der Waals surface area (Å²) in [5, 5.41) is 3.06. The van der Waals surface area contributed by atoms with E-state index in [1.54, 1.807) is 0 Å². The number of carbonyl (C=O) groups is 1. The number of carbonyl (C=O) groups excluding carboxylic acids is 1. The van der Waals surface area contributed by atoms with Gasteiger partial charge >= 0.3 is 0 Å². The Kier molecular flexibility index (Phi) is 5.90. The van der Waals surface area contributed by atoms with Crippen molar-refractivity contribution in [3.63, 3.8) is 0 Å². The Morgan fingerprint density at radius 2 is 1.86 bits per heavy atom. The van der Waals surface area contributed by atoms with Crippen molar-refractivity contribution in [2.75, 3.05) is 45.3 Å². The molecule has 1 N–H and O–H groups in total. The highest BCUT2D eigenvalue weighted by Gasteiger charge is 2.28. The first-order valence-corrected chi connectivity index (χ1v) is 10.3. The molecule has 1 saturated heterocycles. The molecule has 0 aromatic heterocycles. The lowest BCUT2D eigenvalue weighted by molar-refractivity contribution is -0.122. The fourth-order valence-corrected chi connectivity index (χ4v) is 4.01. The van der Waals surface area contributed by atoms with Crippen LogP contribution in [0.25, 0.3) is 0 Å². The normalized spacial score (nSPS) is 18.5. The molecule has 4 rings (SSSR count). The Balaban J connectivity index is 1.34. The molecule has 6 heteroatoms. The molecule has 1 amide bonds. The van der Waals surface area contributed by atoms with Crippen molar-refractivity contribution in [2.45, 2.75) is 25.4 Å². The zero-order chi connectivity index (χ0) is 20.2. The van der Waals surface area contributed by atoms with Crippen LogP contribution < -0.4 is 19.7 Å². The molecule has 0 saturated carbocycles. The van der Waals surface area contributed by atoms with Crippen molar-refractivity contribution in [3.8, 4) is 11.5 Å². The number of hydrogen-bond acceptors (Lipinski definition) is 5. The molecule has 154 valence electrons. The van der Waals surface area contributed by atoms with Crippen LogP contribution in [0.2, 0.25) is 0 Å². The minimum Gasteiger partial charge on any atom is -0.486 e. The summed E-state index contributed by atoms with van der Waals surface area (Å²) in [5.74, 6) is 1.68. The molecule has 1 atom stereocenters. The highest BCUT2D eigenvalue weighted by atomic mass is 16.6. The van der Waals surface area contributed by atoms with E-state index in [4.69, 9.17) is 9.47 Å². The summed E-state index contributed by atoms with van der Waals surface area (Å²) in [6.07, 6.45) is 2.15. The van der Waals surface area contributed by atoms with Gasteiger partial charge < -0.3 is 19.7 Å². The first-order chi connectivity index (χ1) is 14.1. The molecule has 0 radical (unpaired) electrons. The van der Waals surface area contributed by atoms with Gasteiger partial charge in [0.05, 0.1) is 6.54 Å². The molecule has 2 aromatic carbocycles. The van der Waals surface area contributed by atoms with E-state index in [1.807, 2.05) is 20.2 Å². The van der Waals surface area contributed by atoms with Gasteiger partial charge in [-0.25, -0.2) is 0 Å². The molecular weight excluding hydrogens is 366 g/mol. The molecule has 2 aromatic rings. The Morgan fingerprint density at radius 3 is 2.62 bits per heavy atom. The lowest BCUT2D eigenvalue weighted by Crippen LogP contribution is -2.36. The first kappa shape index (κ1) is 19.6. The number of fused-ring (bicyclic) bond motifs is 1. The van der Waals surface area contributed by atoms with Crippen LogP contribution in [-0.2, 0) is 11.3 Å². The van der Waals surface area contributed by atoms with Crippen LogP contribution in [0.3, 0.4) is 0 Å². The Morgan fingerprint density at radius 1 is 1.10 bits per heavy atom. The van der Waals surface area contributed by atoms with Gasteiger partial charge in [0.15, 0.2) is 11.5 Å². The van der Waals surface area contributed by atoms with Gasteiger partial charge in [-0.2, -0.15) is 0 Å². The lowest BCUT2D eigenvalue weighted by Gasteiger charge is -2.26. The third-order valence-electron chi connectivity index (χ3n) is 5.60. The molecule has 29 heavy (non-hydrogen) atoms. The van der Waals surface area contributed by atoms with E-state index in [2.05, 4.69) is 51.5 Å². The van der Waals surface area contributed by atoms with Crippen molar-refractivity contribution in [1.82, 2.24) is 10.2 Å². The van der Waals surface area contributed by atoms with Gasteiger partial charge in [-0.3, -0.25) is 9.69 Å². The molecule has 0 spiro atoms. The summed E-state index contributed by atoms with van der Waals surface area (Å²) >= 11 is 0. The molecule has 6 nitrogen and oxygen atoms in total. The molecule has 1 fully saturated rings. The van der Waals surface area contributed by atoms with Crippen LogP contribution in [0.4, 0.5) is 5.69 Å². The largest absolute Gasteiger partial charge is 0.486 e. The highest BCUT2D eigenvalue weighted by Crippen LogP contribution is 2.37. The third kappa shape index (κ3) is 4.65. The van der Waals surface area contributed by atoms with Crippen LogP contribution in [0.15, 0.2) is 42.5 Å². The maximum atomic E-state index is 12.6. The Bertz CT molecular complexity index is 851. The SMILES string of the molecule is CN(C)c1ccc(CNC(=O)CN2CCC[C@H]2c2ccc3c(c2)OCCO3)cc1. The fraction of sp³-hybridized carbons (Fsp3) is 0.435. The minimum absolute atomic E-state index is 0.0612. The van der Waals surface area contributed by atoms with E-state index < -0.39 is 0 Å². The maximum Gasteiger partial charge on any atom is 0.234 e. The quantitative estimate of drug-likeness (QED) is 0.815. The molecule has 0 bridgehead atoms. The summed E-state index contributed by atoms with van der Waals surface area (Å²) in [6, 6.07) is 14.7. The van der Waals surface area contributed by atoms with Crippen LogP contribution >= 0.6 is 0 Å². The van der Waals surface area contributed by atoms with Crippen molar-refractivity contribution < 1.29 is 14.3 Å². The van der Waals surface area contributed by atoms with E-state index in [-0.39, 0.29) is 11.9 Å². The van der Waals surface area contributed by atoms with Crippen molar-refractivity contribution in [2.24, 2.45) is 0 Å².